The topological polar surface area (TPSA) is 85.8 Å². The van der Waals surface area contributed by atoms with Gasteiger partial charge in [-0.1, -0.05) is 13.8 Å². The molecule has 0 aliphatic carbocycles. The zero-order valence-electron chi connectivity index (χ0n) is 11.9. The maximum Gasteiger partial charge on any atom is 0.241 e. The molecule has 1 atom stereocenters. The van der Waals surface area contributed by atoms with E-state index in [0.29, 0.717) is 11.5 Å². The summed E-state index contributed by atoms with van der Waals surface area (Å²) in [6.07, 6.45) is 5.16. The van der Waals surface area contributed by atoms with Gasteiger partial charge in [-0.25, -0.2) is 9.97 Å². The molecular weight excluding hydrogens is 254 g/mol. The predicted octanol–water partition coefficient (Wildman–Crippen LogP) is 1.50. The van der Waals surface area contributed by atoms with Crippen molar-refractivity contribution in [2.24, 2.45) is 11.7 Å². The summed E-state index contributed by atoms with van der Waals surface area (Å²) < 4.78 is 1.82. The van der Waals surface area contributed by atoms with Gasteiger partial charge in [0.15, 0.2) is 5.82 Å². The van der Waals surface area contributed by atoms with Crippen LogP contribution in [0.2, 0.25) is 0 Å². The molecule has 0 saturated carbocycles. The molecule has 0 aliphatic rings. The average Bonchev–Trinajstić information content (AvgIpc) is 2.84. The molecule has 0 spiro atoms. The van der Waals surface area contributed by atoms with E-state index in [1.165, 1.54) is 0 Å². The fourth-order valence-corrected chi connectivity index (χ4v) is 1.81. The minimum Gasteiger partial charge on any atom is -0.322 e. The molecule has 6 heteroatoms. The highest BCUT2D eigenvalue weighted by Gasteiger charge is 2.19. The molecule has 0 bridgehead atoms. The van der Waals surface area contributed by atoms with E-state index in [1.807, 2.05) is 25.3 Å². The number of nitrogens with zero attached hydrogens (tertiary/aromatic N) is 3. The lowest BCUT2D eigenvalue weighted by Crippen LogP contribution is -2.40. The molecule has 0 saturated heterocycles. The van der Waals surface area contributed by atoms with Crippen LogP contribution in [-0.4, -0.2) is 26.5 Å². The number of carbonyl (C=O) groups is 1. The number of amides is 1. The highest BCUT2D eigenvalue weighted by Crippen LogP contribution is 2.19. The normalized spacial score (nSPS) is 12.4. The largest absolute Gasteiger partial charge is 0.322 e. The van der Waals surface area contributed by atoms with Crippen LogP contribution in [0.5, 0.6) is 0 Å². The third kappa shape index (κ3) is 2.85. The zero-order valence-corrected chi connectivity index (χ0v) is 11.9. The minimum atomic E-state index is -0.549. The Morgan fingerprint density at radius 1 is 1.35 bits per heavy atom. The van der Waals surface area contributed by atoms with Crippen LogP contribution in [0.1, 0.15) is 19.7 Å². The number of anilines is 1. The maximum absolute atomic E-state index is 12.1. The van der Waals surface area contributed by atoms with Gasteiger partial charge in [0.1, 0.15) is 5.82 Å². The fourth-order valence-electron chi connectivity index (χ4n) is 1.81. The molecule has 0 aromatic carbocycles. The molecule has 6 nitrogen and oxygen atoms in total. The van der Waals surface area contributed by atoms with E-state index in [1.54, 1.807) is 30.7 Å². The van der Waals surface area contributed by atoms with Gasteiger partial charge in [-0.2, -0.15) is 0 Å². The Morgan fingerprint density at radius 2 is 2.10 bits per heavy atom. The van der Waals surface area contributed by atoms with Gasteiger partial charge in [-0.05, 0) is 25.0 Å². The molecule has 1 amide bonds. The Labute approximate surface area is 118 Å². The summed E-state index contributed by atoms with van der Waals surface area (Å²) >= 11 is 0. The Kier molecular flexibility index (Phi) is 4.14. The van der Waals surface area contributed by atoms with Crippen molar-refractivity contribution in [1.82, 2.24) is 14.5 Å². The Hall–Kier alpha value is -2.21. The molecular formula is C14H19N5O. The van der Waals surface area contributed by atoms with Gasteiger partial charge in [0, 0.05) is 18.6 Å². The van der Waals surface area contributed by atoms with Gasteiger partial charge in [0.25, 0.3) is 0 Å². The number of pyridine rings is 1. The average molecular weight is 273 g/mol. The smallest absolute Gasteiger partial charge is 0.241 e. The number of aromatic nitrogens is 3. The fraction of sp³-hybridized carbons (Fsp3) is 0.357. The van der Waals surface area contributed by atoms with Crippen molar-refractivity contribution in [3.05, 3.63) is 36.5 Å². The molecule has 2 rings (SSSR count). The molecule has 2 heterocycles. The van der Waals surface area contributed by atoms with Crippen molar-refractivity contribution in [2.45, 2.75) is 26.8 Å². The van der Waals surface area contributed by atoms with Gasteiger partial charge in [0.05, 0.1) is 11.7 Å². The second-order valence-corrected chi connectivity index (χ2v) is 4.98. The van der Waals surface area contributed by atoms with Crippen molar-refractivity contribution < 1.29 is 4.79 Å². The van der Waals surface area contributed by atoms with Crippen LogP contribution < -0.4 is 11.1 Å². The highest BCUT2D eigenvalue weighted by atomic mass is 16.2. The van der Waals surface area contributed by atoms with Gasteiger partial charge in [-0.15, -0.1) is 0 Å². The van der Waals surface area contributed by atoms with Gasteiger partial charge in [0.2, 0.25) is 5.91 Å². The summed E-state index contributed by atoms with van der Waals surface area (Å²) in [7, 11) is 0. The Bertz CT molecular complexity index is 605. The lowest BCUT2D eigenvalue weighted by molar-refractivity contribution is -0.118. The first-order valence-corrected chi connectivity index (χ1v) is 6.52. The van der Waals surface area contributed by atoms with E-state index in [9.17, 15) is 4.79 Å². The summed E-state index contributed by atoms with van der Waals surface area (Å²) in [5.41, 5.74) is 6.47. The van der Waals surface area contributed by atoms with Crippen molar-refractivity contribution in [3.63, 3.8) is 0 Å². The molecule has 0 fully saturated rings. The third-order valence-electron chi connectivity index (χ3n) is 3.12. The van der Waals surface area contributed by atoms with Crippen molar-refractivity contribution in [3.8, 4) is 5.82 Å². The molecule has 0 unspecified atom stereocenters. The lowest BCUT2D eigenvalue weighted by Gasteiger charge is -2.17. The van der Waals surface area contributed by atoms with E-state index in [4.69, 9.17) is 5.73 Å². The van der Waals surface area contributed by atoms with Gasteiger partial charge >= 0.3 is 0 Å². The first-order chi connectivity index (χ1) is 9.50. The third-order valence-corrected chi connectivity index (χ3v) is 3.12. The van der Waals surface area contributed by atoms with Crippen LogP contribution in [0.15, 0.2) is 30.7 Å². The predicted molar refractivity (Wildman–Crippen MR) is 77.5 cm³/mol. The monoisotopic (exact) mass is 273 g/mol. The van der Waals surface area contributed by atoms with Crippen LogP contribution in [0.3, 0.4) is 0 Å². The summed E-state index contributed by atoms with van der Waals surface area (Å²) in [6, 6.07) is 3.02. The highest BCUT2D eigenvalue weighted by molar-refractivity contribution is 5.96. The molecule has 0 aliphatic heterocycles. The van der Waals surface area contributed by atoms with Crippen LogP contribution >= 0.6 is 0 Å². The summed E-state index contributed by atoms with van der Waals surface area (Å²) in [5, 5.41) is 2.83. The molecule has 3 N–H and O–H groups in total. The summed E-state index contributed by atoms with van der Waals surface area (Å²) in [5.74, 6) is 1.29. The number of rotatable bonds is 4. The molecule has 2 aromatic rings. The number of nitrogens with one attached hydrogen (secondary N) is 1. The van der Waals surface area contributed by atoms with E-state index in [2.05, 4.69) is 15.3 Å². The van der Waals surface area contributed by atoms with E-state index in [0.717, 1.165) is 5.82 Å². The number of carbonyl (C=O) groups excluding carboxylic acids is 1. The van der Waals surface area contributed by atoms with Gasteiger partial charge in [-0.3, -0.25) is 9.36 Å². The zero-order chi connectivity index (χ0) is 14.7. The maximum atomic E-state index is 12.1. The Morgan fingerprint density at radius 3 is 2.70 bits per heavy atom. The molecule has 106 valence electrons. The Balaban J connectivity index is 2.30. The lowest BCUT2D eigenvalue weighted by atomic mass is 10.1. The van der Waals surface area contributed by atoms with Crippen LogP contribution in [-0.2, 0) is 4.79 Å². The number of aryl methyl sites for hydroxylation is 1. The van der Waals surface area contributed by atoms with Gasteiger partial charge < -0.3 is 11.1 Å². The van der Waals surface area contributed by atoms with Crippen molar-refractivity contribution in [1.29, 1.82) is 0 Å². The summed E-state index contributed by atoms with van der Waals surface area (Å²) in [4.78, 5) is 20.5. The standard InChI is InChI=1S/C14H19N5O/c1-9(2)12(15)14(20)18-11-5-4-6-17-13(11)19-8-7-16-10(19)3/h4-9,12H,15H2,1-3H3,(H,18,20)/t12-/m0/s1. The van der Waals surface area contributed by atoms with E-state index >= 15 is 0 Å². The number of hydrogen-bond donors (Lipinski definition) is 2. The number of nitrogens with two attached hydrogens (primary N) is 1. The van der Waals surface area contributed by atoms with Crippen molar-refractivity contribution in [2.75, 3.05) is 5.32 Å². The van der Waals surface area contributed by atoms with Crippen molar-refractivity contribution >= 4 is 11.6 Å². The summed E-state index contributed by atoms with van der Waals surface area (Å²) in [6.45, 7) is 5.70. The molecule has 0 radical (unpaired) electrons. The molecule has 20 heavy (non-hydrogen) atoms. The first-order valence-electron chi connectivity index (χ1n) is 6.52. The molecule has 2 aromatic heterocycles. The van der Waals surface area contributed by atoms with Crippen LogP contribution in [0.25, 0.3) is 5.82 Å². The quantitative estimate of drug-likeness (QED) is 0.884. The van der Waals surface area contributed by atoms with E-state index in [-0.39, 0.29) is 11.8 Å². The van der Waals surface area contributed by atoms with E-state index < -0.39 is 6.04 Å². The second kappa shape index (κ2) is 5.83. The van der Waals surface area contributed by atoms with Crippen LogP contribution in [0, 0.1) is 12.8 Å². The number of hydrogen-bond acceptors (Lipinski definition) is 4. The second-order valence-electron chi connectivity index (χ2n) is 4.98. The minimum absolute atomic E-state index is 0.0742. The SMILES string of the molecule is Cc1nccn1-c1ncccc1NC(=O)[C@@H](N)C(C)C. The first kappa shape index (κ1) is 14.2. The van der Waals surface area contributed by atoms with Crippen LogP contribution in [0.4, 0.5) is 5.69 Å². The number of imidazole rings is 1.